The molecule has 1 unspecified atom stereocenters. The van der Waals surface area contributed by atoms with Gasteiger partial charge in [-0.1, -0.05) is 17.3 Å². The van der Waals surface area contributed by atoms with E-state index in [4.69, 9.17) is 5.26 Å². The largest absolute Gasteiger partial charge is 0.367 e. The molecule has 10 heteroatoms. The molecule has 3 N–H and O–H groups in total. The normalized spacial score (nSPS) is 18.4. The minimum absolute atomic E-state index is 0.0301. The van der Waals surface area contributed by atoms with Crippen LogP contribution in [-0.2, 0) is 4.79 Å². The van der Waals surface area contributed by atoms with E-state index in [1.807, 2.05) is 29.4 Å². The van der Waals surface area contributed by atoms with Crippen molar-refractivity contribution >= 4 is 17.4 Å². The Morgan fingerprint density at radius 2 is 2.09 bits per heavy atom. The van der Waals surface area contributed by atoms with Crippen molar-refractivity contribution < 1.29 is 9.59 Å². The highest BCUT2D eigenvalue weighted by Crippen LogP contribution is 2.30. The molecular weight excluding hydrogens is 434 g/mol. The Morgan fingerprint density at radius 3 is 2.76 bits per heavy atom. The molecule has 0 saturated heterocycles. The first kappa shape index (κ1) is 22.7. The number of nitriles is 1. The van der Waals surface area contributed by atoms with Crippen molar-refractivity contribution in [3.05, 3.63) is 93.8 Å². The van der Waals surface area contributed by atoms with Crippen LogP contribution in [0.4, 0.5) is 0 Å². The Labute approximate surface area is 196 Å². The van der Waals surface area contributed by atoms with Crippen LogP contribution in [0.1, 0.15) is 15.9 Å². The van der Waals surface area contributed by atoms with E-state index in [9.17, 15) is 14.5 Å². The lowest BCUT2D eigenvalue weighted by atomic mass is 10.00. The third kappa shape index (κ3) is 4.65. The number of benzene rings is 1. The van der Waals surface area contributed by atoms with Crippen molar-refractivity contribution in [1.29, 1.82) is 5.26 Å². The molecule has 172 valence electrons. The van der Waals surface area contributed by atoms with Crippen molar-refractivity contribution in [1.82, 2.24) is 26.0 Å². The lowest BCUT2D eigenvalue weighted by Gasteiger charge is -2.29. The van der Waals surface area contributed by atoms with Gasteiger partial charge in [-0.15, -0.1) is 0 Å². The molecule has 0 aliphatic carbocycles. The molecule has 1 aromatic rings. The number of allylic oxidation sites excluding steroid dienone is 3. The summed E-state index contributed by atoms with van der Waals surface area (Å²) < 4.78 is 0. The maximum Gasteiger partial charge on any atom is 0.255 e. The van der Waals surface area contributed by atoms with Gasteiger partial charge in [-0.25, -0.2) is 5.43 Å². The minimum Gasteiger partial charge on any atom is -0.367 e. The van der Waals surface area contributed by atoms with E-state index in [0.717, 1.165) is 16.8 Å². The van der Waals surface area contributed by atoms with E-state index >= 15 is 0 Å². The fraction of sp³-hybridized carbons (Fsp3) is 0.208. The zero-order chi connectivity index (χ0) is 24.1. The Morgan fingerprint density at radius 1 is 1.29 bits per heavy atom. The summed E-state index contributed by atoms with van der Waals surface area (Å²) in [5.41, 5.74) is 7.55. The fourth-order valence-corrected chi connectivity index (χ4v) is 3.76. The Balaban J connectivity index is 1.51. The molecule has 0 fully saturated rings. The summed E-state index contributed by atoms with van der Waals surface area (Å²) in [4.78, 5) is 37.0. The standard InChI is InChI=1S/C24H23N7O3/c1-30(22-7-2-16(13-25)14-27-22)24(33)19-8-11-31-21(12-19)20(15-28-31)17-3-5-18(6-4-17)23(32)26-9-10-29-34/h2-8,11-12,14,22,27-28H,9-10,15H2,1H3,(H,26,32). The van der Waals surface area contributed by atoms with Crippen LogP contribution in [-0.4, -0.2) is 54.6 Å². The second-order valence-electron chi connectivity index (χ2n) is 7.77. The number of fused-ring (bicyclic) bond motifs is 1. The van der Waals surface area contributed by atoms with Crippen molar-refractivity contribution in [2.45, 2.75) is 6.17 Å². The number of rotatable bonds is 7. The van der Waals surface area contributed by atoms with Gasteiger partial charge in [0.1, 0.15) is 12.2 Å². The van der Waals surface area contributed by atoms with Gasteiger partial charge < -0.3 is 15.5 Å². The van der Waals surface area contributed by atoms with Crippen LogP contribution >= 0.6 is 0 Å². The van der Waals surface area contributed by atoms with E-state index in [1.54, 1.807) is 48.5 Å². The first-order chi connectivity index (χ1) is 16.5. The highest BCUT2D eigenvalue weighted by atomic mass is 16.3. The highest BCUT2D eigenvalue weighted by Gasteiger charge is 2.27. The molecule has 1 atom stereocenters. The maximum atomic E-state index is 13.1. The van der Waals surface area contributed by atoms with Gasteiger partial charge in [0, 0.05) is 49.2 Å². The molecule has 3 aliphatic heterocycles. The number of amides is 2. The van der Waals surface area contributed by atoms with Crippen LogP contribution in [0.15, 0.2) is 83.0 Å². The summed E-state index contributed by atoms with van der Waals surface area (Å²) in [5, 5.41) is 19.2. The lowest BCUT2D eigenvalue weighted by molar-refractivity contribution is -0.127. The Hall–Kier alpha value is -4.49. The number of nitrogens with zero attached hydrogens (tertiary/aromatic N) is 4. The number of dihydropyridines is 1. The SMILES string of the molecule is CN(C(=O)C1=CC2=C(c3ccc(C(=O)NCCN=O)cc3)CNN2C=C1)C1C=CC(C#N)=CN1. The second-order valence-corrected chi connectivity index (χ2v) is 7.77. The van der Waals surface area contributed by atoms with Gasteiger partial charge in [0.15, 0.2) is 0 Å². The predicted molar refractivity (Wildman–Crippen MR) is 126 cm³/mol. The molecule has 2 amide bonds. The van der Waals surface area contributed by atoms with E-state index in [1.165, 1.54) is 0 Å². The summed E-state index contributed by atoms with van der Waals surface area (Å²) >= 11 is 0. The maximum absolute atomic E-state index is 13.1. The number of carbonyl (C=O) groups excluding carboxylic acids is 2. The Kier molecular flexibility index (Phi) is 6.66. The summed E-state index contributed by atoms with van der Waals surface area (Å²) in [5.74, 6) is -0.431. The topological polar surface area (TPSA) is 130 Å². The van der Waals surface area contributed by atoms with Gasteiger partial charge in [-0.2, -0.15) is 10.2 Å². The molecular formula is C24H23N7O3. The zero-order valence-corrected chi connectivity index (χ0v) is 18.5. The molecule has 0 spiro atoms. The van der Waals surface area contributed by atoms with Gasteiger partial charge in [0.25, 0.3) is 11.8 Å². The molecule has 34 heavy (non-hydrogen) atoms. The van der Waals surface area contributed by atoms with Crippen LogP contribution in [0.25, 0.3) is 5.57 Å². The smallest absolute Gasteiger partial charge is 0.255 e. The molecule has 3 heterocycles. The molecule has 10 nitrogen and oxygen atoms in total. The van der Waals surface area contributed by atoms with E-state index in [0.29, 0.717) is 23.3 Å². The van der Waals surface area contributed by atoms with Crippen molar-refractivity contribution in [3.63, 3.8) is 0 Å². The summed E-state index contributed by atoms with van der Waals surface area (Å²) in [6, 6.07) is 9.21. The number of hydrazine groups is 1. The zero-order valence-electron chi connectivity index (χ0n) is 18.5. The van der Waals surface area contributed by atoms with Crippen LogP contribution in [0.5, 0.6) is 0 Å². The average Bonchev–Trinajstić information content (AvgIpc) is 3.31. The number of nitroso groups, excluding NO2 is 1. The van der Waals surface area contributed by atoms with Gasteiger partial charge in [-0.3, -0.25) is 14.6 Å². The van der Waals surface area contributed by atoms with E-state index < -0.39 is 0 Å². The Bertz CT molecular complexity index is 1200. The predicted octanol–water partition coefficient (Wildman–Crippen LogP) is 1.52. The number of nitrogens with one attached hydrogen (secondary N) is 3. The summed E-state index contributed by atoms with van der Waals surface area (Å²) in [7, 11) is 1.70. The van der Waals surface area contributed by atoms with Crippen molar-refractivity contribution in [2.75, 3.05) is 26.7 Å². The number of hydrogen-bond donors (Lipinski definition) is 3. The van der Waals surface area contributed by atoms with Crippen LogP contribution in [0, 0.1) is 16.2 Å². The quantitative estimate of drug-likeness (QED) is 0.418. The van der Waals surface area contributed by atoms with Crippen LogP contribution < -0.4 is 16.1 Å². The van der Waals surface area contributed by atoms with Gasteiger partial charge in [-0.05, 0) is 42.0 Å². The van der Waals surface area contributed by atoms with Crippen LogP contribution in [0.3, 0.4) is 0 Å². The average molecular weight is 457 g/mol. The van der Waals surface area contributed by atoms with Crippen LogP contribution in [0.2, 0.25) is 0 Å². The minimum atomic E-state index is -0.354. The molecule has 3 aliphatic rings. The third-order valence-corrected chi connectivity index (χ3v) is 5.66. The van der Waals surface area contributed by atoms with Gasteiger partial charge in [0.05, 0.1) is 17.8 Å². The molecule has 0 aromatic heterocycles. The number of carbonyl (C=O) groups is 2. The second kappa shape index (κ2) is 9.97. The molecule has 0 radical (unpaired) electrons. The number of likely N-dealkylation sites (N-methyl/N-ethyl adjacent to an activating group) is 1. The molecule has 0 saturated carbocycles. The molecule has 1 aromatic carbocycles. The van der Waals surface area contributed by atoms with Crippen molar-refractivity contribution in [2.24, 2.45) is 5.18 Å². The van der Waals surface area contributed by atoms with E-state index in [2.05, 4.69) is 27.3 Å². The monoisotopic (exact) mass is 457 g/mol. The summed E-state index contributed by atoms with van der Waals surface area (Å²) in [6.07, 6.45) is 10.1. The van der Waals surface area contributed by atoms with Crippen molar-refractivity contribution in [3.8, 4) is 6.07 Å². The first-order valence-electron chi connectivity index (χ1n) is 10.7. The van der Waals surface area contributed by atoms with Gasteiger partial charge >= 0.3 is 0 Å². The number of hydrogen-bond acceptors (Lipinski definition) is 8. The highest BCUT2D eigenvalue weighted by molar-refractivity contribution is 5.98. The lowest BCUT2D eigenvalue weighted by Crippen LogP contribution is -2.45. The molecule has 4 rings (SSSR count). The first-order valence-corrected chi connectivity index (χ1v) is 10.7. The van der Waals surface area contributed by atoms with Gasteiger partial charge in [0.2, 0.25) is 0 Å². The fourth-order valence-electron chi connectivity index (χ4n) is 3.76. The third-order valence-electron chi connectivity index (χ3n) is 5.66. The summed E-state index contributed by atoms with van der Waals surface area (Å²) in [6.45, 7) is 0.795. The molecule has 0 bridgehead atoms. The van der Waals surface area contributed by atoms with E-state index in [-0.39, 0.29) is 31.1 Å².